The van der Waals surface area contributed by atoms with Crippen LogP contribution in [0.5, 0.6) is 5.75 Å². The van der Waals surface area contributed by atoms with Gasteiger partial charge >= 0.3 is 0 Å². The van der Waals surface area contributed by atoms with Gasteiger partial charge in [0, 0.05) is 37.3 Å². The largest absolute Gasteiger partial charge is 0.507 e. The number of nitro benzene ring substituents is 1. The zero-order valence-electron chi connectivity index (χ0n) is 17.6. The van der Waals surface area contributed by atoms with Gasteiger partial charge < -0.3 is 20.1 Å². The van der Waals surface area contributed by atoms with Crippen molar-refractivity contribution in [2.75, 3.05) is 41.9 Å². The highest BCUT2D eigenvalue weighted by Gasteiger charge is 2.16. The summed E-state index contributed by atoms with van der Waals surface area (Å²) in [7, 11) is 0. The molecule has 0 unspecified atom stereocenters. The average molecular weight is 450 g/mol. The Bertz CT molecular complexity index is 1140. The summed E-state index contributed by atoms with van der Waals surface area (Å²) in [4.78, 5) is 25.7. The van der Waals surface area contributed by atoms with Gasteiger partial charge in [-0.05, 0) is 11.6 Å². The number of hydrogen-bond acceptors (Lipinski definition) is 11. The summed E-state index contributed by atoms with van der Waals surface area (Å²) in [5.74, 6) is 0.884. The van der Waals surface area contributed by atoms with Crippen LogP contribution in [0.1, 0.15) is 11.1 Å². The maximum Gasteiger partial charge on any atom is 0.270 e. The van der Waals surface area contributed by atoms with Crippen LogP contribution in [0.2, 0.25) is 0 Å². The molecule has 0 aliphatic carbocycles. The zero-order chi connectivity index (χ0) is 23.0. The minimum atomic E-state index is -0.546. The average Bonchev–Trinajstić information content (AvgIpc) is 2.85. The second-order valence-electron chi connectivity index (χ2n) is 7.09. The molecule has 3 aromatic rings. The molecule has 0 bridgehead atoms. The fourth-order valence-corrected chi connectivity index (χ4v) is 3.09. The van der Waals surface area contributed by atoms with E-state index in [9.17, 15) is 15.2 Å². The number of ether oxygens (including phenoxy) is 1. The van der Waals surface area contributed by atoms with Gasteiger partial charge in [-0.25, -0.2) is 5.43 Å². The molecule has 0 spiro atoms. The third-order valence-corrected chi connectivity index (χ3v) is 4.80. The van der Waals surface area contributed by atoms with Crippen molar-refractivity contribution in [3.63, 3.8) is 0 Å². The highest BCUT2D eigenvalue weighted by atomic mass is 16.6. The van der Waals surface area contributed by atoms with E-state index in [1.807, 2.05) is 35.2 Å². The first-order valence-electron chi connectivity index (χ1n) is 10.2. The van der Waals surface area contributed by atoms with Crippen molar-refractivity contribution in [3.05, 3.63) is 69.8 Å². The van der Waals surface area contributed by atoms with Gasteiger partial charge in [-0.2, -0.15) is 20.1 Å². The molecule has 4 rings (SSSR count). The minimum Gasteiger partial charge on any atom is -0.507 e. The van der Waals surface area contributed by atoms with Crippen LogP contribution >= 0.6 is 0 Å². The van der Waals surface area contributed by atoms with Gasteiger partial charge in [-0.15, -0.1) is 0 Å². The smallest absolute Gasteiger partial charge is 0.270 e. The molecule has 1 fully saturated rings. The number of phenols is 1. The molecule has 2 aromatic carbocycles. The van der Waals surface area contributed by atoms with Crippen LogP contribution in [0.25, 0.3) is 0 Å². The van der Waals surface area contributed by atoms with E-state index < -0.39 is 4.92 Å². The summed E-state index contributed by atoms with van der Waals surface area (Å²) in [6, 6.07) is 13.5. The highest BCUT2D eigenvalue weighted by molar-refractivity contribution is 5.84. The number of anilines is 3. The summed E-state index contributed by atoms with van der Waals surface area (Å²) >= 11 is 0. The minimum absolute atomic E-state index is 0.138. The summed E-state index contributed by atoms with van der Waals surface area (Å²) in [5, 5.41) is 28.1. The number of phenolic OH excluding ortho intramolecular Hbond substituents is 1. The van der Waals surface area contributed by atoms with Gasteiger partial charge in [-0.3, -0.25) is 10.1 Å². The van der Waals surface area contributed by atoms with Crippen molar-refractivity contribution < 1.29 is 14.8 Å². The number of aromatic hydroxyl groups is 1. The maximum absolute atomic E-state index is 11.0. The molecule has 1 aliphatic heterocycles. The van der Waals surface area contributed by atoms with E-state index in [1.165, 1.54) is 24.4 Å². The molecule has 0 radical (unpaired) electrons. The van der Waals surface area contributed by atoms with Crippen molar-refractivity contribution in [2.24, 2.45) is 5.10 Å². The number of morpholine rings is 1. The Kier molecular flexibility index (Phi) is 6.85. The Morgan fingerprint density at radius 2 is 1.88 bits per heavy atom. The standard InChI is InChI=1S/C21H22N8O4/c30-18-7-6-17(29(31)32)12-16(18)14-23-27-20-24-19(22-13-15-4-2-1-3-5-15)25-21(26-20)28-8-10-33-11-9-28/h1-7,12,14,30H,8-11,13H2,(H2,22,24,25,26,27)/b23-14-. The predicted octanol–water partition coefficient (Wildman–Crippen LogP) is 2.38. The van der Waals surface area contributed by atoms with Gasteiger partial charge in [0.15, 0.2) is 0 Å². The number of hydrogen-bond donors (Lipinski definition) is 3. The second kappa shape index (κ2) is 10.3. The Labute approximate surface area is 189 Å². The zero-order valence-corrected chi connectivity index (χ0v) is 17.6. The number of aromatic nitrogens is 3. The number of nitrogens with zero attached hydrogens (tertiary/aromatic N) is 6. The number of nitro groups is 1. The van der Waals surface area contributed by atoms with Crippen LogP contribution in [0, 0.1) is 10.1 Å². The summed E-state index contributed by atoms with van der Waals surface area (Å²) < 4.78 is 5.40. The van der Waals surface area contributed by atoms with Crippen LogP contribution < -0.4 is 15.6 Å². The van der Waals surface area contributed by atoms with E-state index in [2.05, 4.69) is 30.8 Å². The van der Waals surface area contributed by atoms with Crippen molar-refractivity contribution in [3.8, 4) is 5.75 Å². The first-order chi connectivity index (χ1) is 16.1. The van der Waals surface area contributed by atoms with Crippen molar-refractivity contribution in [1.82, 2.24) is 15.0 Å². The van der Waals surface area contributed by atoms with Gasteiger partial charge in [0.1, 0.15) is 5.75 Å². The van der Waals surface area contributed by atoms with Crippen LogP contribution in [-0.2, 0) is 11.3 Å². The van der Waals surface area contributed by atoms with Crippen LogP contribution in [-0.4, -0.2) is 57.5 Å². The summed E-state index contributed by atoms with van der Waals surface area (Å²) in [6.07, 6.45) is 1.26. The molecular weight excluding hydrogens is 428 g/mol. The molecule has 1 aromatic heterocycles. The van der Waals surface area contributed by atoms with Gasteiger partial charge in [0.2, 0.25) is 17.8 Å². The van der Waals surface area contributed by atoms with E-state index in [0.717, 1.165) is 5.56 Å². The summed E-state index contributed by atoms with van der Waals surface area (Å²) in [6.45, 7) is 2.97. The fourth-order valence-electron chi connectivity index (χ4n) is 3.09. The first kappa shape index (κ1) is 21.9. The third kappa shape index (κ3) is 5.89. The Morgan fingerprint density at radius 1 is 1.12 bits per heavy atom. The monoisotopic (exact) mass is 450 g/mol. The molecule has 3 N–H and O–H groups in total. The maximum atomic E-state index is 11.0. The number of nitrogens with one attached hydrogen (secondary N) is 2. The molecule has 0 atom stereocenters. The van der Waals surface area contributed by atoms with Crippen LogP contribution in [0.3, 0.4) is 0 Å². The number of hydrazone groups is 1. The van der Waals surface area contributed by atoms with Gasteiger partial charge in [0.05, 0.1) is 24.4 Å². The Hall–Kier alpha value is -4.32. The van der Waals surface area contributed by atoms with Gasteiger partial charge in [0.25, 0.3) is 5.69 Å². The van der Waals surface area contributed by atoms with Crippen molar-refractivity contribution in [2.45, 2.75) is 6.54 Å². The first-order valence-corrected chi connectivity index (χ1v) is 10.2. The molecule has 12 heteroatoms. The Morgan fingerprint density at radius 3 is 2.64 bits per heavy atom. The highest BCUT2D eigenvalue weighted by Crippen LogP contribution is 2.21. The summed E-state index contributed by atoms with van der Waals surface area (Å²) in [5.41, 5.74) is 3.81. The lowest BCUT2D eigenvalue weighted by Gasteiger charge is -2.27. The molecule has 0 saturated carbocycles. The lowest BCUT2D eigenvalue weighted by molar-refractivity contribution is -0.384. The van der Waals surface area contributed by atoms with E-state index >= 15 is 0 Å². The van der Waals surface area contributed by atoms with Crippen molar-refractivity contribution in [1.29, 1.82) is 0 Å². The lowest BCUT2D eigenvalue weighted by Crippen LogP contribution is -2.37. The molecule has 1 saturated heterocycles. The molecule has 12 nitrogen and oxygen atoms in total. The molecule has 33 heavy (non-hydrogen) atoms. The van der Waals surface area contributed by atoms with Crippen LogP contribution in [0.4, 0.5) is 23.5 Å². The quantitative estimate of drug-likeness (QED) is 0.265. The molecule has 2 heterocycles. The number of rotatable bonds is 8. The normalized spacial score (nSPS) is 13.8. The van der Waals surface area contributed by atoms with E-state index in [1.54, 1.807) is 0 Å². The van der Waals surface area contributed by atoms with E-state index in [4.69, 9.17) is 4.74 Å². The van der Waals surface area contributed by atoms with Crippen LogP contribution in [0.15, 0.2) is 53.6 Å². The lowest BCUT2D eigenvalue weighted by atomic mass is 10.2. The number of non-ortho nitro benzene ring substituents is 1. The SMILES string of the molecule is O=[N+]([O-])c1ccc(O)c(/C=N\Nc2nc(NCc3ccccc3)nc(N3CCOCC3)n2)c1. The molecular formula is C21H22N8O4. The molecule has 1 aliphatic rings. The predicted molar refractivity (Wildman–Crippen MR) is 123 cm³/mol. The fraction of sp³-hybridized carbons (Fsp3) is 0.238. The van der Waals surface area contributed by atoms with Gasteiger partial charge in [-0.1, -0.05) is 30.3 Å². The Balaban J connectivity index is 1.53. The number of benzene rings is 2. The topological polar surface area (TPSA) is 151 Å². The molecule has 0 amide bonds. The van der Waals surface area contributed by atoms with E-state index in [-0.39, 0.29) is 22.9 Å². The third-order valence-electron chi connectivity index (χ3n) is 4.80. The molecule has 170 valence electrons. The van der Waals surface area contributed by atoms with Crippen molar-refractivity contribution >= 4 is 29.7 Å². The second-order valence-corrected chi connectivity index (χ2v) is 7.09. The van der Waals surface area contributed by atoms with E-state index in [0.29, 0.717) is 44.7 Å².